The number of ether oxygens (including phenoxy) is 2. The van der Waals surface area contributed by atoms with Crippen LogP contribution in [0, 0.1) is 17.8 Å². The Morgan fingerprint density at radius 3 is 2.14 bits per heavy atom. The van der Waals surface area contributed by atoms with Crippen molar-refractivity contribution in [1.29, 1.82) is 0 Å². The molecular formula is C34H39N3O6. The van der Waals surface area contributed by atoms with E-state index < -0.39 is 35.1 Å². The van der Waals surface area contributed by atoms with Crippen molar-refractivity contribution in [2.75, 3.05) is 36.6 Å². The Kier molecular flexibility index (Phi) is 7.42. The van der Waals surface area contributed by atoms with Gasteiger partial charge in [-0.2, -0.15) is 0 Å². The topological polar surface area (TPSA) is 99.6 Å². The maximum absolute atomic E-state index is 14.7. The van der Waals surface area contributed by atoms with Gasteiger partial charge in [-0.1, -0.05) is 56.4 Å². The number of fused-ring (bicyclic) bond motifs is 2. The summed E-state index contributed by atoms with van der Waals surface area (Å²) in [4.78, 5) is 48.8. The molecule has 4 aliphatic heterocycles. The van der Waals surface area contributed by atoms with Gasteiger partial charge in [-0.15, -0.1) is 0 Å². The van der Waals surface area contributed by atoms with E-state index in [0.717, 1.165) is 5.69 Å². The maximum Gasteiger partial charge on any atom is 0.253 e. The van der Waals surface area contributed by atoms with E-state index in [2.05, 4.69) is 0 Å². The lowest BCUT2D eigenvalue weighted by Crippen LogP contribution is -2.59. The van der Waals surface area contributed by atoms with Gasteiger partial charge in [0.1, 0.15) is 17.4 Å². The zero-order valence-corrected chi connectivity index (χ0v) is 25.1. The lowest BCUT2D eigenvalue weighted by molar-refractivity contribution is -0.148. The molecule has 0 aliphatic carbocycles. The average molecular weight is 586 g/mol. The second-order valence-electron chi connectivity index (χ2n) is 12.4. The minimum absolute atomic E-state index is 0.151. The molecule has 2 fully saturated rings. The minimum atomic E-state index is -1.40. The van der Waals surface area contributed by atoms with Gasteiger partial charge in [-0.3, -0.25) is 14.4 Å². The first-order chi connectivity index (χ1) is 20.6. The summed E-state index contributed by atoms with van der Waals surface area (Å²) in [5.41, 5.74) is -1.15. The van der Waals surface area contributed by atoms with Crippen molar-refractivity contribution in [1.82, 2.24) is 4.90 Å². The van der Waals surface area contributed by atoms with Gasteiger partial charge >= 0.3 is 0 Å². The molecule has 0 bridgehead atoms. The molecule has 0 aromatic heterocycles. The van der Waals surface area contributed by atoms with Gasteiger partial charge in [0, 0.05) is 24.5 Å². The Balaban J connectivity index is 1.49. The Labute approximate surface area is 252 Å². The number of para-hydroxylation sites is 1. The van der Waals surface area contributed by atoms with Crippen LogP contribution < -0.4 is 14.5 Å². The highest BCUT2D eigenvalue weighted by atomic mass is 16.5. The van der Waals surface area contributed by atoms with Crippen molar-refractivity contribution in [3.05, 3.63) is 78.9 Å². The van der Waals surface area contributed by atoms with E-state index in [0.29, 0.717) is 24.4 Å². The van der Waals surface area contributed by atoms with Crippen molar-refractivity contribution in [3.8, 4) is 5.75 Å². The number of benzene rings is 2. The zero-order valence-electron chi connectivity index (χ0n) is 25.1. The number of amides is 3. The van der Waals surface area contributed by atoms with Gasteiger partial charge in [0.15, 0.2) is 0 Å². The quantitative estimate of drug-likeness (QED) is 0.499. The van der Waals surface area contributed by atoms with Crippen LogP contribution in [0.4, 0.5) is 11.4 Å². The molecule has 2 aromatic carbocycles. The Morgan fingerprint density at radius 2 is 1.51 bits per heavy atom. The number of likely N-dealkylation sites (tertiary alicyclic amines) is 1. The third kappa shape index (κ3) is 4.57. The van der Waals surface area contributed by atoms with Crippen LogP contribution in [0.15, 0.2) is 78.9 Å². The molecule has 6 rings (SSSR count). The van der Waals surface area contributed by atoms with Crippen molar-refractivity contribution in [3.63, 3.8) is 0 Å². The smallest absolute Gasteiger partial charge is 0.253 e. The highest BCUT2D eigenvalue weighted by Gasteiger charge is 2.75. The number of aliphatic hydroxyl groups is 1. The van der Waals surface area contributed by atoms with Crippen molar-refractivity contribution in [2.24, 2.45) is 17.8 Å². The molecule has 6 atom stereocenters. The van der Waals surface area contributed by atoms with Crippen LogP contribution in [0.2, 0.25) is 0 Å². The van der Waals surface area contributed by atoms with E-state index in [-0.39, 0.29) is 36.8 Å². The summed E-state index contributed by atoms with van der Waals surface area (Å²) in [7, 11) is 1.58. The third-order valence-corrected chi connectivity index (χ3v) is 9.29. The van der Waals surface area contributed by atoms with Gasteiger partial charge < -0.3 is 29.3 Å². The molecule has 1 unspecified atom stereocenters. The first-order valence-electron chi connectivity index (χ1n) is 15.0. The number of aliphatic hydroxyl groups excluding tert-OH is 1. The minimum Gasteiger partial charge on any atom is -0.497 e. The van der Waals surface area contributed by atoms with Crippen LogP contribution >= 0.6 is 0 Å². The Bertz CT molecular complexity index is 1460. The molecule has 226 valence electrons. The van der Waals surface area contributed by atoms with Gasteiger partial charge in [-0.05, 0) is 55.7 Å². The second-order valence-corrected chi connectivity index (χ2v) is 12.4. The molecule has 0 saturated carbocycles. The summed E-state index contributed by atoms with van der Waals surface area (Å²) in [6.45, 7) is 6.16. The van der Waals surface area contributed by atoms with Crippen LogP contribution in [0.25, 0.3) is 0 Å². The van der Waals surface area contributed by atoms with Crippen LogP contribution in [0.3, 0.4) is 0 Å². The number of nitrogens with zero attached hydrogens (tertiary/aromatic N) is 3. The highest BCUT2D eigenvalue weighted by Crippen LogP contribution is 2.58. The van der Waals surface area contributed by atoms with Crippen molar-refractivity contribution in [2.45, 2.75) is 50.5 Å². The van der Waals surface area contributed by atoms with Crippen molar-refractivity contribution < 1.29 is 29.0 Å². The van der Waals surface area contributed by atoms with Crippen LogP contribution in [0.1, 0.15) is 27.2 Å². The molecule has 2 saturated heterocycles. The fourth-order valence-electron chi connectivity index (χ4n) is 7.51. The van der Waals surface area contributed by atoms with E-state index >= 15 is 0 Å². The summed E-state index contributed by atoms with van der Waals surface area (Å²) >= 11 is 0. The number of carbonyl (C=O) groups is 3. The number of carbonyl (C=O) groups excluding carboxylic acids is 3. The number of methoxy groups -OCH3 is 1. The van der Waals surface area contributed by atoms with Gasteiger partial charge in [0.05, 0.1) is 37.2 Å². The summed E-state index contributed by atoms with van der Waals surface area (Å²) < 4.78 is 12.3. The normalized spacial score (nSPS) is 30.7. The van der Waals surface area contributed by atoms with E-state index in [1.807, 2.05) is 87.5 Å². The second kappa shape index (κ2) is 11.0. The van der Waals surface area contributed by atoms with Crippen LogP contribution in [-0.2, 0) is 19.1 Å². The molecule has 9 heteroatoms. The largest absolute Gasteiger partial charge is 0.497 e. The molecule has 0 radical (unpaired) electrons. The SMILES string of the molecule is COc1ccc(N2CC=C[C@]34O[C@]5(C)C=CCN(c6ccccc6)C(=O)[C@@H]5[C@H]3C(=O)N([C@@H](CO)CC(C)C)C4C2=O)cc1. The van der Waals surface area contributed by atoms with Gasteiger partial charge in [0.2, 0.25) is 11.8 Å². The lowest BCUT2D eigenvalue weighted by Gasteiger charge is -2.40. The van der Waals surface area contributed by atoms with Crippen LogP contribution in [0.5, 0.6) is 5.75 Å². The zero-order chi connectivity index (χ0) is 30.5. The molecule has 1 N–H and O–H groups in total. The number of hydrogen-bond acceptors (Lipinski definition) is 6. The molecule has 4 aliphatic rings. The monoisotopic (exact) mass is 585 g/mol. The summed E-state index contributed by atoms with van der Waals surface area (Å²) in [5, 5.41) is 10.6. The Hall–Kier alpha value is -3.95. The summed E-state index contributed by atoms with van der Waals surface area (Å²) in [6.07, 6.45) is 7.97. The van der Waals surface area contributed by atoms with Gasteiger partial charge in [0.25, 0.3) is 5.91 Å². The van der Waals surface area contributed by atoms with Gasteiger partial charge in [-0.25, -0.2) is 0 Å². The number of rotatable bonds is 7. The average Bonchev–Trinajstić information content (AvgIpc) is 3.27. The third-order valence-electron chi connectivity index (χ3n) is 9.29. The molecule has 1 spiro atoms. The molecule has 3 amide bonds. The first-order valence-corrected chi connectivity index (χ1v) is 15.0. The predicted molar refractivity (Wildman–Crippen MR) is 163 cm³/mol. The van der Waals surface area contributed by atoms with Crippen molar-refractivity contribution >= 4 is 29.1 Å². The number of anilines is 2. The van der Waals surface area contributed by atoms with E-state index in [1.54, 1.807) is 29.0 Å². The van der Waals surface area contributed by atoms with Crippen LogP contribution in [-0.4, -0.2) is 77.8 Å². The molecule has 4 heterocycles. The fourth-order valence-corrected chi connectivity index (χ4v) is 7.51. The summed E-state index contributed by atoms with van der Waals surface area (Å²) in [5.74, 6) is -1.91. The highest BCUT2D eigenvalue weighted by molar-refractivity contribution is 6.07. The Morgan fingerprint density at radius 1 is 0.884 bits per heavy atom. The molecule has 2 aromatic rings. The maximum atomic E-state index is 14.7. The number of hydrogen-bond donors (Lipinski definition) is 1. The van der Waals surface area contributed by atoms with E-state index in [9.17, 15) is 19.5 Å². The fraction of sp³-hybridized carbons (Fsp3) is 0.441. The first kappa shape index (κ1) is 29.1. The lowest BCUT2D eigenvalue weighted by atomic mass is 9.74. The van der Waals surface area contributed by atoms with E-state index in [4.69, 9.17) is 9.47 Å². The molecule has 43 heavy (non-hydrogen) atoms. The standard InChI is InChI=1S/C34H39N3O6/c1-22(2)20-25(21-38)37-29-32(41)36(24-12-14-26(42-4)15-13-24)19-9-17-34(29)28(31(37)40)27-30(39)35(23-10-6-5-7-11-23)18-8-16-33(27,3)43-34/h5-17,22,25,27-29,38H,18-21H2,1-4H3/t25-,27+,28+,29?,33-,34+/m1/s1. The summed E-state index contributed by atoms with van der Waals surface area (Å²) in [6, 6.07) is 14.9. The molecular weight excluding hydrogens is 546 g/mol. The van der Waals surface area contributed by atoms with E-state index in [1.165, 1.54) is 4.90 Å². The predicted octanol–water partition coefficient (Wildman–Crippen LogP) is 3.58. The molecule has 9 nitrogen and oxygen atoms in total.